The number of hydrogen-bond acceptors (Lipinski definition) is 2. The summed E-state index contributed by atoms with van der Waals surface area (Å²) in [6.45, 7) is 1.29. The molecule has 0 bridgehead atoms. The van der Waals surface area contributed by atoms with Crippen molar-refractivity contribution < 1.29 is 23.1 Å². The Balaban J connectivity index is 2.23. The Hall–Kier alpha value is -0.780. The summed E-state index contributed by atoms with van der Waals surface area (Å²) in [6, 6.07) is -0.354. The second-order valence-corrected chi connectivity index (χ2v) is 5.74. The Morgan fingerprint density at radius 2 is 1.94 bits per heavy atom. The Morgan fingerprint density at radius 3 is 2.56 bits per heavy atom. The van der Waals surface area contributed by atoms with E-state index in [9.17, 15) is 23.1 Å². The predicted molar refractivity (Wildman–Crippen MR) is 58.8 cm³/mol. The molecule has 1 heterocycles. The molecular weight excluding hydrogens is 247 g/mol. The van der Waals surface area contributed by atoms with E-state index in [2.05, 4.69) is 0 Å². The molecule has 0 aromatic heterocycles. The van der Waals surface area contributed by atoms with Crippen LogP contribution in [0, 0.1) is 5.92 Å². The first-order chi connectivity index (χ1) is 8.21. The molecule has 1 amide bonds. The van der Waals surface area contributed by atoms with Crippen LogP contribution in [0.4, 0.5) is 13.2 Å². The molecule has 1 aliphatic carbocycles. The number of nitrogens with zero attached hydrogens (tertiary/aromatic N) is 1. The van der Waals surface area contributed by atoms with Crippen LogP contribution >= 0.6 is 0 Å². The minimum absolute atomic E-state index is 0.00574. The first kappa shape index (κ1) is 13.6. The number of carbonyl (C=O) groups excluding carboxylic acids is 1. The molecule has 104 valence electrons. The van der Waals surface area contributed by atoms with E-state index in [1.165, 1.54) is 6.92 Å². The van der Waals surface area contributed by atoms with Crippen molar-refractivity contribution in [3.05, 3.63) is 0 Å². The van der Waals surface area contributed by atoms with Gasteiger partial charge in [-0.25, -0.2) is 0 Å². The van der Waals surface area contributed by atoms with Crippen LogP contribution in [0.1, 0.15) is 39.0 Å². The molecule has 1 saturated heterocycles. The average Bonchev–Trinajstić information content (AvgIpc) is 2.24. The summed E-state index contributed by atoms with van der Waals surface area (Å²) in [5, 5.41) is 10.0. The molecule has 3 atom stereocenters. The molecule has 0 spiro atoms. The first-order valence-corrected chi connectivity index (χ1v) is 6.31. The molecule has 1 aliphatic heterocycles. The predicted octanol–water partition coefficient (Wildman–Crippen LogP) is 2.09. The van der Waals surface area contributed by atoms with Crippen LogP contribution in [0.2, 0.25) is 0 Å². The molecule has 6 heteroatoms. The molecule has 3 unspecified atom stereocenters. The summed E-state index contributed by atoms with van der Waals surface area (Å²) in [7, 11) is 0. The average molecular weight is 265 g/mol. The largest absolute Gasteiger partial charge is 0.471 e. The van der Waals surface area contributed by atoms with Crippen molar-refractivity contribution in [3.8, 4) is 0 Å². The zero-order valence-corrected chi connectivity index (χ0v) is 10.3. The molecule has 1 N–H and O–H groups in total. The Morgan fingerprint density at radius 1 is 1.33 bits per heavy atom. The second-order valence-electron chi connectivity index (χ2n) is 5.74. The Kier molecular flexibility index (Phi) is 3.34. The number of likely N-dealkylation sites (tertiary alicyclic amines) is 1. The van der Waals surface area contributed by atoms with Crippen molar-refractivity contribution in [1.82, 2.24) is 4.90 Å². The van der Waals surface area contributed by atoms with Gasteiger partial charge < -0.3 is 10.0 Å². The molecule has 2 rings (SSSR count). The summed E-state index contributed by atoms with van der Waals surface area (Å²) in [6.07, 6.45) is -1.14. The maximum Gasteiger partial charge on any atom is 0.471 e. The quantitative estimate of drug-likeness (QED) is 0.728. The molecule has 0 radical (unpaired) electrons. The second kappa shape index (κ2) is 4.40. The van der Waals surface area contributed by atoms with E-state index >= 15 is 0 Å². The molecular formula is C12H18F3NO2. The van der Waals surface area contributed by atoms with E-state index in [1.807, 2.05) is 0 Å². The normalized spacial score (nSPS) is 37.3. The number of aliphatic hydroxyl groups is 1. The third kappa shape index (κ3) is 2.63. The van der Waals surface area contributed by atoms with Crippen LogP contribution < -0.4 is 0 Å². The van der Waals surface area contributed by atoms with Gasteiger partial charge in [-0.05, 0) is 32.1 Å². The number of carbonyl (C=O) groups is 1. The van der Waals surface area contributed by atoms with E-state index in [0.29, 0.717) is 12.8 Å². The van der Waals surface area contributed by atoms with Crippen LogP contribution in [-0.2, 0) is 4.79 Å². The highest BCUT2D eigenvalue weighted by molar-refractivity contribution is 5.82. The van der Waals surface area contributed by atoms with Gasteiger partial charge in [-0.1, -0.05) is 12.8 Å². The monoisotopic (exact) mass is 265 g/mol. The fourth-order valence-electron chi connectivity index (χ4n) is 3.34. The standard InChI is InChI=1S/C12H18F3NO2/c1-11(18)6-8-4-2-3-5-9(8)16(7-11)10(17)12(13,14)15/h8-9,18H,2-7H2,1H3. The number of β-amino-alcohol motifs (C(OH)–C–C–N with tert-alkyl or cyclic N) is 1. The highest BCUT2D eigenvalue weighted by atomic mass is 19.4. The third-order valence-electron chi connectivity index (χ3n) is 3.99. The Bertz CT molecular complexity index is 341. The zero-order valence-electron chi connectivity index (χ0n) is 10.3. The van der Waals surface area contributed by atoms with Crippen LogP contribution in [0.5, 0.6) is 0 Å². The van der Waals surface area contributed by atoms with Crippen LogP contribution in [0.15, 0.2) is 0 Å². The van der Waals surface area contributed by atoms with Crippen molar-refractivity contribution >= 4 is 5.91 Å². The van der Waals surface area contributed by atoms with Crippen molar-refractivity contribution in [2.75, 3.05) is 6.54 Å². The maximum absolute atomic E-state index is 12.6. The van der Waals surface area contributed by atoms with Crippen molar-refractivity contribution in [1.29, 1.82) is 0 Å². The lowest BCUT2D eigenvalue weighted by Gasteiger charge is -2.49. The molecule has 0 aromatic rings. The molecule has 2 fully saturated rings. The lowest BCUT2D eigenvalue weighted by molar-refractivity contribution is -0.198. The smallest absolute Gasteiger partial charge is 0.388 e. The molecule has 3 nitrogen and oxygen atoms in total. The number of alkyl halides is 3. The van der Waals surface area contributed by atoms with E-state index in [0.717, 1.165) is 24.2 Å². The summed E-state index contributed by atoms with van der Waals surface area (Å²) < 4.78 is 37.7. The van der Waals surface area contributed by atoms with Gasteiger partial charge in [0, 0.05) is 12.6 Å². The summed E-state index contributed by atoms with van der Waals surface area (Å²) in [5.74, 6) is -1.81. The lowest BCUT2D eigenvalue weighted by Crippen LogP contribution is -2.60. The van der Waals surface area contributed by atoms with E-state index in [4.69, 9.17) is 0 Å². The third-order valence-corrected chi connectivity index (χ3v) is 3.99. The number of fused-ring (bicyclic) bond motifs is 1. The van der Waals surface area contributed by atoms with Gasteiger partial charge in [0.1, 0.15) is 0 Å². The first-order valence-electron chi connectivity index (χ1n) is 6.31. The molecule has 1 saturated carbocycles. The SMILES string of the molecule is CC1(O)CC2CCCCC2N(C(=O)C(F)(F)F)C1. The van der Waals surface area contributed by atoms with Gasteiger partial charge >= 0.3 is 12.1 Å². The van der Waals surface area contributed by atoms with Gasteiger partial charge in [-0.2, -0.15) is 13.2 Å². The van der Waals surface area contributed by atoms with Crippen LogP contribution in [-0.4, -0.2) is 40.3 Å². The van der Waals surface area contributed by atoms with Gasteiger partial charge in [-0.15, -0.1) is 0 Å². The lowest BCUT2D eigenvalue weighted by atomic mass is 9.73. The fraction of sp³-hybridized carbons (Fsp3) is 0.917. The number of rotatable bonds is 0. The van der Waals surface area contributed by atoms with Gasteiger partial charge in [0.15, 0.2) is 0 Å². The molecule has 18 heavy (non-hydrogen) atoms. The van der Waals surface area contributed by atoms with E-state index in [1.54, 1.807) is 0 Å². The van der Waals surface area contributed by atoms with Crippen molar-refractivity contribution in [2.24, 2.45) is 5.92 Å². The minimum Gasteiger partial charge on any atom is -0.388 e. The van der Waals surface area contributed by atoms with Crippen LogP contribution in [0.3, 0.4) is 0 Å². The number of hydrogen-bond donors (Lipinski definition) is 1. The van der Waals surface area contributed by atoms with Gasteiger partial charge in [0.05, 0.1) is 5.60 Å². The van der Waals surface area contributed by atoms with Gasteiger partial charge in [0.2, 0.25) is 0 Å². The number of amides is 1. The molecule has 2 aliphatic rings. The summed E-state index contributed by atoms with van der Waals surface area (Å²) in [4.78, 5) is 12.3. The van der Waals surface area contributed by atoms with E-state index < -0.39 is 17.7 Å². The zero-order chi connectivity index (χ0) is 13.6. The highest BCUT2D eigenvalue weighted by Crippen LogP contribution is 2.40. The topological polar surface area (TPSA) is 40.5 Å². The van der Waals surface area contributed by atoms with Crippen molar-refractivity contribution in [3.63, 3.8) is 0 Å². The maximum atomic E-state index is 12.6. The number of halogens is 3. The fourth-order valence-corrected chi connectivity index (χ4v) is 3.34. The Labute approximate surface area is 104 Å². The number of piperidine rings is 1. The van der Waals surface area contributed by atoms with Gasteiger partial charge in [0.25, 0.3) is 0 Å². The minimum atomic E-state index is -4.85. The molecule has 0 aromatic carbocycles. The summed E-state index contributed by atoms with van der Waals surface area (Å²) >= 11 is 0. The van der Waals surface area contributed by atoms with Gasteiger partial charge in [-0.3, -0.25) is 4.79 Å². The van der Waals surface area contributed by atoms with Crippen molar-refractivity contribution in [2.45, 2.75) is 56.8 Å². The van der Waals surface area contributed by atoms with Crippen LogP contribution in [0.25, 0.3) is 0 Å². The highest BCUT2D eigenvalue weighted by Gasteiger charge is 2.51. The summed E-state index contributed by atoms with van der Waals surface area (Å²) in [5.41, 5.74) is -1.21. The van der Waals surface area contributed by atoms with E-state index in [-0.39, 0.29) is 18.5 Å².